The molecule has 4 fully saturated rings. The van der Waals surface area contributed by atoms with Crippen molar-refractivity contribution in [1.29, 1.82) is 0 Å². The molecule has 0 unspecified atom stereocenters. The van der Waals surface area contributed by atoms with Gasteiger partial charge >= 0.3 is 0 Å². The number of aliphatic hydroxyl groups excluding tert-OH is 2. The van der Waals surface area contributed by atoms with E-state index in [2.05, 4.69) is 13.8 Å². The Morgan fingerprint density at radius 2 is 1.76 bits per heavy atom. The molecule has 9 atom stereocenters. The third kappa shape index (κ3) is 2.48. The highest BCUT2D eigenvalue weighted by atomic mass is 16.3. The summed E-state index contributed by atoms with van der Waals surface area (Å²) in [6, 6.07) is 0. The Bertz CT molecular complexity index is 545. The molecular weight excluding hydrogens is 312 g/mol. The summed E-state index contributed by atoms with van der Waals surface area (Å²) < 4.78 is 0. The van der Waals surface area contributed by atoms with E-state index in [9.17, 15) is 15.0 Å². The first kappa shape index (κ1) is 18.0. The molecule has 0 amide bonds. The van der Waals surface area contributed by atoms with E-state index in [1.165, 1.54) is 32.1 Å². The fourth-order valence-electron chi connectivity index (χ4n) is 8.28. The van der Waals surface area contributed by atoms with Crippen LogP contribution in [0, 0.1) is 46.3 Å². The molecule has 4 saturated carbocycles. The van der Waals surface area contributed by atoms with Crippen molar-refractivity contribution in [2.24, 2.45) is 46.3 Å². The summed E-state index contributed by atoms with van der Waals surface area (Å²) in [5.41, 5.74) is 0.492. The lowest BCUT2D eigenvalue weighted by Gasteiger charge is -2.61. The van der Waals surface area contributed by atoms with Crippen molar-refractivity contribution in [3.05, 3.63) is 0 Å². The van der Waals surface area contributed by atoms with Crippen LogP contribution in [-0.4, -0.2) is 28.7 Å². The average molecular weight is 349 g/mol. The zero-order valence-corrected chi connectivity index (χ0v) is 16.2. The first-order valence-corrected chi connectivity index (χ1v) is 10.6. The predicted octanol–water partition coefficient (Wildman–Crippen LogP) is 3.81. The molecule has 4 aliphatic rings. The molecule has 0 heterocycles. The third-order valence-electron chi connectivity index (χ3n) is 9.56. The zero-order chi connectivity index (χ0) is 18.0. The lowest BCUT2D eigenvalue weighted by molar-refractivity contribution is -0.151. The first-order chi connectivity index (χ1) is 11.8. The van der Waals surface area contributed by atoms with Crippen LogP contribution in [0.2, 0.25) is 0 Å². The van der Waals surface area contributed by atoms with Crippen molar-refractivity contribution in [2.45, 2.75) is 78.2 Å². The second-order valence-electron chi connectivity index (χ2n) is 10.4. The fraction of sp³-hybridized carbons (Fsp3) is 0.955. The smallest absolute Gasteiger partial charge is 0.133 e. The lowest BCUT2D eigenvalue weighted by Crippen LogP contribution is -2.56. The van der Waals surface area contributed by atoms with Gasteiger partial charge in [0.25, 0.3) is 0 Å². The first-order valence-electron chi connectivity index (χ1n) is 10.6. The standard InChI is InChI=1S/C22H36O3/c1-13(24)17-6-7-18-16-5-4-15-10-20(25)14(12-23)11-22(15,3)19(16)8-9-21(17,18)2/h14-20,23,25H,4-12H2,1-3H3/t14-,15+,16+,17-,18+,19+,20+,21-,22+/m1/s1. The van der Waals surface area contributed by atoms with Gasteiger partial charge in [0.2, 0.25) is 0 Å². The zero-order valence-electron chi connectivity index (χ0n) is 16.2. The number of ketones is 1. The number of carbonyl (C=O) groups excluding carboxylic acids is 1. The highest BCUT2D eigenvalue weighted by molar-refractivity contribution is 5.79. The Labute approximate surface area is 152 Å². The molecule has 2 N–H and O–H groups in total. The Morgan fingerprint density at radius 3 is 2.44 bits per heavy atom. The maximum Gasteiger partial charge on any atom is 0.133 e. The lowest BCUT2D eigenvalue weighted by atomic mass is 9.44. The molecule has 3 nitrogen and oxygen atoms in total. The predicted molar refractivity (Wildman–Crippen MR) is 97.9 cm³/mol. The highest BCUT2D eigenvalue weighted by Crippen LogP contribution is 2.67. The van der Waals surface area contributed by atoms with Gasteiger partial charge in [-0.2, -0.15) is 0 Å². The minimum atomic E-state index is -0.318. The summed E-state index contributed by atoms with van der Waals surface area (Å²) >= 11 is 0. The third-order valence-corrected chi connectivity index (χ3v) is 9.56. The van der Waals surface area contributed by atoms with Crippen LogP contribution in [0.15, 0.2) is 0 Å². The number of aliphatic hydroxyl groups is 2. The van der Waals surface area contributed by atoms with Crippen molar-refractivity contribution in [1.82, 2.24) is 0 Å². The van der Waals surface area contributed by atoms with E-state index in [0.717, 1.165) is 31.1 Å². The van der Waals surface area contributed by atoms with Crippen LogP contribution >= 0.6 is 0 Å². The number of fused-ring (bicyclic) bond motifs is 5. The SMILES string of the molecule is CC(=O)[C@H]1CC[C@H]2[C@@H]3CC[C@H]4C[C@H](O)[C@@H](CO)C[C@]4(C)[C@H]3CC[C@]12C. The Hall–Kier alpha value is -0.410. The van der Waals surface area contributed by atoms with Crippen molar-refractivity contribution >= 4 is 5.78 Å². The van der Waals surface area contributed by atoms with Gasteiger partial charge in [-0.3, -0.25) is 4.79 Å². The summed E-state index contributed by atoms with van der Waals surface area (Å²) in [5, 5.41) is 20.2. The number of carbonyl (C=O) groups is 1. The molecule has 0 aromatic carbocycles. The minimum Gasteiger partial charge on any atom is -0.396 e. The summed E-state index contributed by atoms with van der Waals surface area (Å²) in [4.78, 5) is 12.2. The fourth-order valence-corrected chi connectivity index (χ4v) is 8.28. The van der Waals surface area contributed by atoms with Crippen LogP contribution in [-0.2, 0) is 4.79 Å². The number of rotatable bonds is 2. The molecule has 4 rings (SSSR count). The van der Waals surface area contributed by atoms with Crippen molar-refractivity contribution < 1.29 is 15.0 Å². The van der Waals surface area contributed by atoms with E-state index in [4.69, 9.17) is 0 Å². The molecule has 0 radical (unpaired) electrons. The molecule has 4 aliphatic carbocycles. The van der Waals surface area contributed by atoms with E-state index >= 15 is 0 Å². The van der Waals surface area contributed by atoms with Gasteiger partial charge in [0.15, 0.2) is 0 Å². The second-order valence-corrected chi connectivity index (χ2v) is 10.4. The molecule has 0 aliphatic heterocycles. The van der Waals surface area contributed by atoms with Crippen LogP contribution in [0.25, 0.3) is 0 Å². The molecule has 0 aromatic rings. The normalized spacial score (nSPS) is 55.2. The topological polar surface area (TPSA) is 57.5 Å². The van der Waals surface area contributed by atoms with Crippen LogP contribution < -0.4 is 0 Å². The van der Waals surface area contributed by atoms with Crippen LogP contribution in [0.4, 0.5) is 0 Å². The largest absolute Gasteiger partial charge is 0.396 e. The van der Waals surface area contributed by atoms with Crippen molar-refractivity contribution in [2.75, 3.05) is 6.61 Å². The Balaban J connectivity index is 1.62. The maximum absolute atomic E-state index is 12.2. The average Bonchev–Trinajstić information content (AvgIpc) is 2.92. The van der Waals surface area contributed by atoms with Gasteiger partial charge in [-0.25, -0.2) is 0 Å². The van der Waals surface area contributed by atoms with Gasteiger partial charge in [-0.1, -0.05) is 13.8 Å². The number of Topliss-reactive ketones (excluding diaryl/α,β-unsaturated/α-hetero) is 1. The van der Waals surface area contributed by atoms with E-state index in [1.54, 1.807) is 6.92 Å². The molecular formula is C22H36O3. The highest BCUT2D eigenvalue weighted by Gasteiger charge is 2.61. The minimum absolute atomic E-state index is 0.0573. The van der Waals surface area contributed by atoms with Gasteiger partial charge in [-0.05, 0) is 92.8 Å². The molecule has 0 spiro atoms. The van der Waals surface area contributed by atoms with Crippen LogP contribution in [0.3, 0.4) is 0 Å². The summed E-state index contributed by atoms with van der Waals surface area (Å²) in [6.07, 6.45) is 8.81. The maximum atomic E-state index is 12.2. The molecule has 3 heteroatoms. The van der Waals surface area contributed by atoms with Gasteiger partial charge in [0.05, 0.1) is 6.10 Å². The molecule has 0 saturated heterocycles. The Kier molecular flexibility index (Phi) is 4.35. The van der Waals surface area contributed by atoms with E-state index in [1.807, 2.05) is 0 Å². The quantitative estimate of drug-likeness (QED) is 0.798. The van der Waals surface area contributed by atoms with Crippen molar-refractivity contribution in [3.8, 4) is 0 Å². The summed E-state index contributed by atoms with van der Waals surface area (Å²) in [7, 11) is 0. The second kappa shape index (κ2) is 6.05. The molecule has 0 bridgehead atoms. The van der Waals surface area contributed by atoms with Gasteiger partial charge < -0.3 is 10.2 Å². The van der Waals surface area contributed by atoms with E-state index in [-0.39, 0.29) is 35.4 Å². The number of hydrogen-bond donors (Lipinski definition) is 2. The monoisotopic (exact) mass is 348 g/mol. The van der Waals surface area contributed by atoms with E-state index < -0.39 is 0 Å². The summed E-state index contributed by atoms with van der Waals surface area (Å²) in [6.45, 7) is 6.79. The van der Waals surface area contributed by atoms with Gasteiger partial charge in [0, 0.05) is 18.4 Å². The van der Waals surface area contributed by atoms with Crippen molar-refractivity contribution in [3.63, 3.8) is 0 Å². The van der Waals surface area contributed by atoms with Crippen LogP contribution in [0.5, 0.6) is 0 Å². The molecule has 25 heavy (non-hydrogen) atoms. The molecule has 142 valence electrons. The summed E-state index contributed by atoms with van der Waals surface area (Å²) in [5.74, 6) is 3.53. The number of hydrogen-bond acceptors (Lipinski definition) is 3. The molecule has 0 aromatic heterocycles. The van der Waals surface area contributed by atoms with Crippen LogP contribution in [0.1, 0.15) is 72.1 Å². The Morgan fingerprint density at radius 1 is 1.04 bits per heavy atom. The van der Waals surface area contributed by atoms with E-state index in [0.29, 0.717) is 17.6 Å². The van der Waals surface area contributed by atoms with Gasteiger partial charge in [-0.15, -0.1) is 0 Å². The van der Waals surface area contributed by atoms with Gasteiger partial charge in [0.1, 0.15) is 5.78 Å².